The lowest BCUT2D eigenvalue weighted by atomic mass is 9.66. The van der Waals surface area contributed by atoms with Gasteiger partial charge in [0.15, 0.2) is 0 Å². The van der Waals surface area contributed by atoms with Crippen molar-refractivity contribution in [3.63, 3.8) is 0 Å². The number of carbonyl (C=O) groups excluding carboxylic acids is 2. The third-order valence-corrected chi connectivity index (χ3v) is 9.51. The number of aliphatic hydroxyl groups is 1. The minimum absolute atomic E-state index is 0.280. The number of hydrogen-bond acceptors (Lipinski definition) is 6. The van der Waals surface area contributed by atoms with Gasteiger partial charge < -0.3 is 14.6 Å². The van der Waals surface area contributed by atoms with Crippen molar-refractivity contribution in [2.45, 2.75) is 62.8 Å². The van der Waals surface area contributed by atoms with E-state index in [1.807, 2.05) is 36.4 Å². The molecule has 0 radical (unpaired) electrons. The van der Waals surface area contributed by atoms with Gasteiger partial charge in [-0.25, -0.2) is 4.90 Å². The first kappa shape index (κ1) is 24.3. The van der Waals surface area contributed by atoms with Crippen molar-refractivity contribution in [2.24, 2.45) is 11.8 Å². The van der Waals surface area contributed by atoms with Gasteiger partial charge in [-0.2, -0.15) is 5.26 Å². The Hall–Kier alpha value is -3.73. The van der Waals surface area contributed by atoms with Crippen molar-refractivity contribution >= 4 is 28.3 Å². The molecule has 3 aromatic carbocycles. The number of nitriles is 1. The van der Waals surface area contributed by atoms with E-state index in [9.17, 15) is 20.0 Å². The van der Waals surface area contributed by atoms with Gasteiger partial charge in [0, 0.05) is 23.6 Å². The third-order valence-electron chi connectivity index (χ3n) is 9.51. The zero-order valence-electron chi connectivity index (χ0n) is 21.9. The molecule has 0 spiro atoms. The first-order chi connectivity index (χ1) is 18.9. The average Bonchev–Trinajstić information content (AvgIpc) is 3.49. The van der Waals surface area contributed by atoms with E-state index in [1.54, 1.807) is 19.1 Å². The van der Waals surface area contributed by atoms with Crippen LogP contribution in [0.2, 0.25) is 0 Å². The van der Waals surface area contributed by atoms with E-state index in [4.69, 9.17) is 9.47 Å². The predicted molar refractivity (Wildman–Crippen MR) is 144 cm³/mol. The molecule has 3 aromatic rings. The quantitative estimate of drug-likeness (QED) is 0.497. The number of anilines is 1. The lowest BCUT2D eigenvalue weighted by Gasteiger charge is -2.33. The van der Waals surface area contributed by atoms with E-state index in [0.717, 1.165) is 25.0 Å². The average molecular weight is 523 g/mol. The third kappa shape index (κ3) is 3.35. The molecule has 198 valence electrons. The summed E-state index contributed by atoms with van der Waals surface area (Å²) in [6.45, 7) is 2.08. The molecule has 1 N–H and O–H groups in total. The fourth-order valence-corrected chi connectivity index (χ4v) is 7.65. The van der Waals surface area contributed by atoms with Crippen molar-refractivity contribution in [1.82, 2.24) is 0 Å². The van der Waals surface area contributed by atoms with Crippen LogP contribution >= 0.6 is 0 Å². The van der Waals surface area contributed by atoms with Crippen molar-refractivity contribution in [2.75, 3.05) is 11.5 Å². The molecular formula is C32H30N2O5. The maximum Gasteiger partial charge on any atom is 0.240 e. The summed E-state index contributed by atoms with van der Waals surface area (Å²) in [6.07, 6.45) is 4.20. The van der Waals surface area contributed by atoms with E-state index in [0.29, 0.717) is 35.1 Å². The summed E-state index contributed by atoms with van der Waals surface area (Å²) < 4.78 is 12.8. The van der Waals surface area contributed by atoms with Crippen molar-refractivity contribution in [3.8, 4) is 11.8 Å². The van der Waals surface area contributed by atoms with Crippen molar-refractivity contribution in [1.29, 1.82) is 5.26 Å². The molecular weight excluding hydrogens is 492 g/mol. The number of benzene rings is 3. The van der Waals surface area contributed by atoms with E-state index in [-0.39, 0.29) is 18.2 Å². The summed E-state index contributed by atoms with van der Waals surface area (Å²) in [5.41, 5.74) is 1.40. The lowest BCUT2D eigenvalue weighted by Crippen LogP contribution is -2.49. The Morgan fingerprint density at radius 3 is 2.62 bits per heavy atom. The monoisotopic (exact) mass is 522 g/mol. The fraction of sp³-hybridized carbons (Fsp3) is 0.406. The summed E-state index contributed by atoms with van der Waals surface area (Å²) in [7, 11) is 0. The Bertz CT molecular complexity index is 1580. The Kier molecular flexibility index (Phi) is 5.39. The zero-order valence-corrected chi connectivity index (χ0v) is 21.9. The van der Waals surface area contributed by atoms with Crippen LogP contribution in [0.25, 0.3) is 10.8 Å². The fourth-order valence-electron chi connectivity index (χ4n) is 7.65. The molecule has 4 aliphatic rings. The first-order valence-corrected chi connectivity index (χ1v) is 13.8. The normalized spacial score (nSPS) is 30.9. The van der Waals surface area contributed by atoms with Crippen LogP contribution in [-0.4, -0.2) is 40.8 Å². The molecule has 7 nitrogen and oxygen atoms in total. The van der Waals surface area contributed by atoms with Crippen LogP contribution < -0.4 is 9.64 Å². The molecule has 7 heteroatoms. The van der Waals surface area contributed by atoms with E-state index >= 15 is 0 Å². The highest BCUT2D eigenvalue weighted by Crippen LogP contribution is 2.62. The Balaban J connectivity index is 1.22. The maximum absolute atomic E-state index is 14.1. The number of fused-ring (bicyclic) bond motifs is 7. The largest absolute Gasteiger partial charge is 0.493 e. The minimum atomic E-state index is -1.15. The van der Waals surface area contributed by atoms with Crippen LogP contribution in [0.15, 0.2) is 54.6 Å². The van der Waals surface area contributed by atoms with Crippen LogP contribution in [0.4, 0.5) is 5.69 Å². The van der Waals surface area contributed by atoms with Gasteiger partial charge >= 0.3 is 0 Å². The Morgan fingerprint density at radius 1 is 1.03 bits per heavy atom. The number of amides is 2. The summed E-state index contributed by atoms with van der Waals surface area (Å²) in [5.74, 6) is -1.29. The van der Waals surface area contributed by atoms with Gasteiger partial charge in [-0.3, -0.25) is 9.59 Å². The predicted octanol–water partition coefficient (Wildman–Crippen LogP) is 4.46. The first-order valence-electron chi connectivity index (χ1n) is 13.8. The summed E-state index contributed by atoms with van der Waals surface area (Å²) in [5, 5.41) is 22.0. The second-order valence-corrected chi connectivity index (χ2v) is 11.5. The number of ether oxygens (including phenoxy) is 2. The molecule has 5 unspecified atom stereocenters. The van der Waals surface area contributed by atoms with Crippen molar-refractivity contribution < 1.29 is 24.2 Å². The number of nitrogens with zero attached hydrogens (tertiary/aromatic N) is 2. The number of aryl methyl sites for hydroxylation is 1. The Morgan fingerprint density at radius 2 is 1.79 bits per heavy atom. The summed E-state index contributed by atoms with van der Waals surface area (Å²) in [6, 6.07) is 19.0. The molecule has 3 fully saturated rings. The van der Waals surface area contributed by atoms with Crippen LogP contribution in [0.3, 0.4) is 0 Å². The summed E-state index contributed by atoms with van der Waals surface area (Å²) >= 11 is 0. The number of hydrogen-bond donors (Lipinski definition) is 1. The molecule has 2 amide bonds. The number of carbonyl (C=O) groups is 2. The number of rotatable bonds is 5. The second kappa shape index (κ2) is 8.64. The summed E-state index contributed by atoms with van der Waals surface area (Å²) in [4.78, 5) is 29.3. The van der Waals surface area contributed by atoms with Gasteiger partial charge in [0.1, 0.15) is 11.4 Å². The minimum Gasteiger partial charge on any atom is -0.493 e. The molecule has 7 rings (SSSR count). The highest BCUT2D eigenvalue weighted by atomic mass is 16.6. The number of imide groups is 1. The van der Waals surface area contributed by atoms with E-state index < -0.39 is 29.1 Å². The van der Waals surface area contributed by atoms with Crippen LogP contribution in [0.1, 0.15) is 49.3 Å². The molecule has 3 heterocycles. The van der Waals surface area contributed by atoms with E-state index in [1.165, 1.54) is 22.4 Å². The van der Waals surface area contributed by atoms with Gasteiger partial charge in [-0.05, 0) is 61.9 Å². The zero-order chi connectivity index (χ0) is 26.9. The van der Waals surface area contributed by atoms with Crippen LogP contribution in [0, 0.1) is 23.2 Å². The van der Waals surface area contributed by atoms with Gasteiger partial charge in [0.25, 0.3) is 0 Å². The number of aliphatic hydroxyl groups excluding tert-OH is 1. The molecule has 1 aliphatic carbocycles. The molecule has 5 atom stereocenters. The standard InChI is InChI=1S/C32H30N2O5/c1-31-26(35)17-32(39-31,15-16-38-25-12-6-8-19-7-2-3-10-22(19)25)28-27(31)29(36)34(30(28)37)24-14-13-20(18-33)21-9-4-5-11-23(21)24/h4-6,8-9,11-14,26-28,35H,2-3,7,10,15-17H2,1H3. The molecule has 0 saturated carbocycles. The maximum atomic E-state index is 14.1. The van der Waals surface area contributed by atoms with E-state index in [2.05, 4.69) is 12.1 Å². The molecule has 3 saturated heterocycles. The van der Waals surface area contributed by atoms with Crippen LogP contribution in [0.5, 0.6) is 5.75 Å². The molecule has 0 aromatic heterocycles. The molecule has 39 heavy (non-hydrogen) atoms. The van der Waals surface area contributed by atoms with Gasteiger partial charge in [0.2, 0.25) is 11.8 Å². The van der Waals surface area contributed by atoms with Crippen LogP contribution in [-0.2, 0) is 27.2 Å². The second-order valence-electron chi connectivity index (χ2n) is 11.5. The highest BCUT2D eigenvalue weighted by molar-refractivity contribution is 6.26. The van der Waals surface area contributed by atoms with Crippen molar-refractivity contribution in [3.05, 3.63) is 71.3 Å². The SMILES string of the molecule is CC12OC(CCOc3cccc4c3CCCC4)(CC1O)C1C(=O)N(c3ccc(C#N)c4ccccc34)C(=O)C12. The Labute approximate surface area is 226 Å². The highest BCUT2D eigenvalue weighted by Gasteiger charge is 2.77. The van der Waals surface area contributed by atoms with Gasteiger partial charge in [0.05, 0.1) is 47.5 Å². The molecule has 3 aliphatic heterocycles. The van der Waals surface area contributed by atoms with Gasteiger partial charge in [-0.1, -0.05) is 36.4 Å². The topological polar surface area (TPSA) is 99.9 Å². The lowest BCUT2D eigenvalue weighted by molar-refractivity contribution is -0.134. The van der Waals surface area contributed by atoms with Gasteiger partial charge in [-0.15, -0.1) is 0 Å². The molecule has 2 bridgehead atoms. The smallest absolute Gasteiger partial charge is 0.240 e.